The number of aryl methyl sites for hydroxylation is 1. The fraction of sp³-hybridized carbons (Fsp3) is 0.500. The molecule has 0 radical (unpaired) electrons. The molecule has 2 rings (SSSR count). The molecule has 0 atom stereocenters. The summed E-state index contributed by atoms with van der Waals surface area (Å²) < 4.78 is 5.47. The van der Waals surface area contributed by atoms with Gasteiger partial charge in [0.25, 0.3) is 0 Å². The lowest BCUT2D eigenvalue weighted by atomic mass is 9.98. The summed E-state index contributed by atoms with van der Waals surface area (Å²) in [5.41, 5.74) is 1.72. The second kappa shape index (κ2) is 6.94. The largest absolute Gasteiger partial charge is 0.462 e. The first kappa shape index (κ1) is 13.6. The fourth-order valence-corrected chi connectivity index (χ4v) is 2.42. The highest BCUT2D eigenvalue weighted by atomic mass is 16.5. The molecule has 0 heterocycles. The Hall–Kier alpha value is -1.82. The minimum absolute atomic E-state index is 0.101. The van der Waals surface area contributed by atoms with Crippen molar-refractivity contribution in [3.05, 3.63) is 35.4 Å². The molecule has 0 amide bonds. The summed E-state index contributed by atoms with van der Waals surface area (Å²) in [6.07, 6.45) is 6.88. The van der Waals surface area contributed by atoms with E-state index in [9.17, 15) is 4.79 Å². The van der Waals surface area contributed by atoms with E-state index in [0.717, 1.165) is 18.4 Å². The predicted octanol–water partition coefficient (Wildman–Crippen LogP) is 3.37. The predicted molar refractivity (Wildman–Crippen MR) is 72.4 cm³/mol. The van der Waals surface area contributed by atoms with Crippen LogP contribution in [0.2, 0.25) is 0 Å². The SMILES string of the molecule is N#Cc1ccc(CCC(=O)OC2CCCCC2)cc1. The van der Waals surface area contributed by atoms with Gasteiger partial charge < -0.3 is 4.74 Å². The minimum Gasteiger partial charge on any atom is -0.462 e. The van der Waals surface area contributed by atoms with Gasteiger partial charge in [-0.1, -0.05) is 18.6 Å². The average Bonchev–Trinajstić information content (AvgIpc) is 2.47. The highest BCUT2D eigenvalue weighted by Crippen LogP contribution is 2.20. The number of hydrogen-bond donors (Lipinski definition) is 0. The summed E-state index contributed by atoms with van der Waals surface area (Å²) in [4.78, 5) is 11.7. The lowest BCUT2D eigenvalue weighted by Gasteiger charge is -2.21. The second-order valence-electron chi connectivity index (χ2n) is 5.06. The Morgan fingerprint density at radius 2 is 1.89 bits per heavy atom. The smallest absolute Gasteiger partial charge is 0.306 e. The standard InChI is InChI=1S/C16H19NO2/c17-12-14-8-6-13(7-9-14)10-11-16(18)19-15-4-2-1-3-5-15/h6-9,15H,1-5,10-11H2. The Labute approximate surface area is 114 Å². The van der Waals surface area contributed by atoms with Gasteiger partial charge in [0.05, 0.1) is 11.6 Å². The van der Waals surface area contributed by atoms with E-state index in [4.69, 9.17) is 10.00 Å². The molecule has 0 aliphatic heterocycles. The molecule has 3 nitrogen and oxygen atoms in total. The van der Waals surface area contributed by atoms with Crippen LogP contribution in [0.5, 0.6) is 0 Å². The van der Waals surface area contributed by atoms with Crippen LogP contribution in [0.3, 0.4) is 0 Å². The summed E-state index contributed by atoms with van der Waals surface area (Å²) in [5, 5.41) is 8.70. The molecule has 3 heteroatoms. The first-order valence-corrected chi connectivity index (χ1v) is 6.96. The number of rotatable bonds is 4. The lowest BCUT2D eigenvalue weighted by Crippen LogP contribution is -2.21. The molecule has 1 saturated carbocycles. The molecule has 0 N–H and O–H groups in total. The lowest BCUT2D eigenvalue weighted by molar-refractivity contribution is -0.150. The summed E-state index contributed by atoms with van der Waals surface area (Å²) >= 11 is 0. The van der Waals surface area contributed by atoms with E-state index in [1.807, 2.05) is 12.1 Å². The highest BCUT2D eigenvalue weighted by molar-refractivity contribution is 5.70. The summed E-state index contributed by atoms with van der Waals surface area (Å²) in [7, 11) is 0. The van der Waals surface area contributed by atoms with Gasteiger partial charge in [0.2, 0.25) is 0 Å². The zero-order valence-electron chi connectivity index (χ0n) is 11.1. The number of carbonyl (C=O) groups is 1. The van der Waals surface area contributed by atoms with Gasteiger partial charge in [-0.05, 0) is 49.8 Å². The number of nitriles is 1. The fourth-order valence-electron chi connectivity index (χ4n) is 2.42. The van der Waals surface area contributed by atoms with Crippen LogP contribution in [0.25, 0.3) is 0 Å². The van der Waals surface area contributed by atoms with Crippen molar-refractivity contribution in [3.8, 4) is 6.07 Å². The second-order valence-corrected chi connectivity index (χ2v) is 5.06. The highest BCUT2D eigenvalue weighted by Gasteiger charge is 2.17. The monoisotopic (exact) mass is 257 g/mol. The van der Waals surface area contributed by atoms with Gasteiger partial charge in [-0.15, -0.1) is 0 Å². The van der Waals surface area contributed by atoms with Crippen LogP contribution in [0.4, 0.5) is 0 Å². The van der Waals surface area contributed by atoms with Gasteiger partial charge in [0.15, 0.2) is 0 Å². The van der Waals surface area contributed by atoms with Crippen LogP contribution in [0, 0.1) is 11.3 Å². The van der Waals surface area contributed by atoms with Gasteiger partial charge in [-0.25, -0.2) is 0 Å². The molecular weight excluding hydrogens is 238 g/mol. The maximum Gasteiger partial charge on any atom is 0.306 e. The Morgan fingerprint density at radius 3 is 2.53 bits per heavy atom. The maximum absolute atomic E-state index is 11.7. The van der Waals surface area contributed by atoms with Crippen LogP contribution < -0.4 is 0 Å². The Bertz CT molecular complexity index is 453. The van der Waals surface area contributed by atoms with Crippen molar-refractivity contribution < 1.29 is 9.53 Å². The number of nitrogens with zero attached hydrogens (tertiary/aromatic N) is 1. The molecule has 0 bridgehead atoms. The first-order chi connectivity index (χ1) is 9.28. The molecule has 1 aliphatic carbocycles. The third-order valence-electron chi connectivity index (χ3n) is 3.55. The molecule has 0 unspecified atom stereocenters. The Kier molecular flexibility index (Phi) is 4.97. The van der Waals surface area contributed by atoms with E-state index >= 15 is 0 Å². The number of carbonyl (C=O) groups excluding carboxylic acids is 1. The van der Waals surface area contributed by atoms with Gasteiger partial charge >= 0.3 is 5.97 Å². The molecule has 1 fully saturated rings. The average molecular weight is 257 g/mol. The third kappa shape index (κ3) is 4.40. The van der Waals surface area contributed by atoms with Gasteiger partial charge in [0, 0.05) is 6.42 Å². The van der Waals surface area contributed by atoms with Crippen LogP contribution in [-0.4, -0.2) is 12.1 Å². The van der Waals surface area contributed by atoms with Gasteiger partial charge in [0.1, 0.15) is 6.10 Å². The van der Waals surface area contributed by atoms with E-state index < -0.39 is 0 Å². The first-order valence-electron chi connectivity index (χ1n) is 6.96. The van der Waals surface area contributed by atoms with E-state index in [2.05, 4.69) is 6.07 Å². The quantitative estimate of drug-likeness (QED) is 0.777. The van der Waals surface area contributed by atoms with Crippen molar-refractivity contribution in [1.82, 2.24) is 0 Å². The molecule has 19 heavy (non-hydrogen) atoms. The molecule has 100 valence electrons. The van der Waals surface area contributed by atoms with Gasteiger partial charge in [-0.3, -0.25) is 4.79 Å². The number of benzene rings is 1. The van der Waals surface area contributed by atoms with Gasteiger partial charge in [-0.2, -0.15) is 5.26 Å². The van der Waals surface area contributed by atoms with Crippen LogP contribution in [0.15, 0.2) is 24.3 Å². The van der Waals surface area contributed by atoms with Crippen molar-refractivity contribution in [2.24, 2.45) is 0 Å². The summed E-state index contributed by atoms with van der Waals surface area (Å²) in [5.74, 6) is -0.101. The number of ether oxygens (including phenoxy) is 1. The molecular formula is C16H19NO2. The van der Waals surface area contributed by atoms with Crippen molar-refractivity contribution in [2.45, 2.75) is 51.0 Å². The zero-order chi connectivity index (χ0) is 13.5. The van der Waals surface area contributed by atoms with Crippen molar-refractivity contribution >= 4 is 5.97 Å². The van der Waals surface area contributed by atoms with Crippen molar-refractivity contribution in [2.75, 3.05) is 0 Å². The molecule has 1 aromatic carbocycles. The molecule has 0 aromatic heterocycles. The van der Waals surface area contributed by atoms with E-state index in [1.165, 1.54) is 19.3 Å². The Balaban J connectivity index is 1.74. The van der Waals surface area contributed by atoms with Crippen LogP contribution in [-0.2, 0) is 16.0 Å². The van der Waals surface area contributed by atoms with E-state index in [0.29, 0.717) is 18.4 Å². The topological polar surface area (TPSA) is 50.1 Å². The minimum atomic E-state index is -0.101. The molecule has 1 aromatic rings. The van der Waals surface area contributed by atoms with E-state index in [-0.39, 0.29) is 12.1 Å². The van der Waals surface area contributed by atoms with Crippen LogP contribution >= 0.6 is 0 Å². The molecule has 1 aliphatic rings. The molecule has 0 spiro atoms. The van der Waals surface area contributed by atoms with E-state index in [1.54, 1.807) is 12.1 Å². The number of hydrogen-bond acceptors (Lipinski definition) is 3. The third-order valence-corrected chi connectivity index (χ3v) is 3.55. The summed E-state index contributed by atoms with van der Waals surface area (Å²) in [6.45, 7) is 0. The van der Waals surface area contributed by atoms with Crippen molar-refractivity contribution in [1.29, 1.82) is 5.26 Å². The zero-order valence-corrected chi connectivity index (χ0v) is 11.1. The summed E-state index contributed by atoms with van der Waals surface area (Å²) in [6, 6.07) is 9.43. The maximum atomic E-state index is 11.7. The Morgan fingerprint density at radius 1 is 1.21 bits per heavy atom. The van der Waals surface area contributed by atoms with Crippen molar-refractivity contribution in [3.63, 3.8) is 0 Å². The molecule has 0 saturated heterocycles. The van der Waals surface area contributed by atoms with Crippen LogP contribution in [0.1, 0.15) is 49.7 Å². The number of esters is 1. The normalized spacial score (nSPS) is 15.7.